The Balaban J connectivity index is 0.00000676. The van der Waals surface area contributed by atoms with Gasteiger partial charge in [0, 0.05) is 33.3 Å². The van der Waals surface area contributed by atoms with Crippen LogP contribution >= 0.6 is 24.0 Å². The van der Waals surface area contributed by atoms with Crippen LogP contribution in [0.1, 0.15) is 38.8 Å². The lowest BCUT2D eigenvalue weighted by Gasteiger charge is -2.24. The van der Waals surface area contributed by atoms with Crippen LogP contribution < -0.4 is 15.4 Å². The van der Waals surface area contributed by atoms with Crippen molar-refractivity contribution in [3.63, 3.8) is 0 Å². The number of nitrogens with one attached hydrogen (secondary N) is 3. The molecule has 0 radical (unpaired) electrons. The Bertz CT molecular complexity index is 706. The van der Waals surface area contributed by atoms with E-state index in [-0.39, 0.29) is 41.4 Å². The fourth-order valence-corrected chi connectivity index (χ4v) is 3.74. The number of methoxy groups -OCH3 is 1. The van der Waals surface area contributed by atoms with Gasteiger partial charge in [-0.2, -0.15) is 0 Å². The highest BCUT2D eigenvalue weighted by atomic mass is 127. The van der Waals surface area contributed by atoms with E-state index in [2.05, 4.69) is 20.3 Å². The third-order valence-electron chi connectivity index (χ3n) is 3.78. The van der Waals surface area contributed by atoms with E-state index in [1.54, 1.807) is 14.2 Å². The van der Waals surface area contributed by atoms with Crippen molar-refractivity contribution in [2.75, 3.05) is 20.7 Å². The number of aliphatic imine (C=N–C) groups is 1. The van der Waals surface area contributed by atoms with Crippen molar-refractivity contribution in [2.45, 2.75) is 51.6 Å². The van der Waals surface area contributed by atoms with Gasteiger partial charge in [-0.15, -0.1) is 24.0 Å². The quantitative estimate of drug-likeness (QED) is 0.268. The van der Waals surface area contributed by atoms with Crippen LogP contribution in [0.5, 0.6) is 0 Å². The molecule has 0 heterocycles. The van der Waals surface area contributed by atoms with Crippen molar-refractivity contribution >= 4 is 40.0 Å². The molecule has 1 rings (SSSR count). The molecule has 0 aliphatic carbocycles. The SMILES string of the molecule is CN=C(NCc1ccccc1CS(=O)(=O)NC(C)C)NCC(C)(C)OC.I. The third-order valence-corrected chi connectivity index (χ3v) is 5.30. The molecule has 0 atom stereocenters. The van der Waals surface area contributed by atoms with Crippen molar-refractivity contribution in [2.24, 2.45) is 4.99 Å². The third kappa shape index (κ3) is 10.3. The number of rotatable bonds is 9. The molecule has 1 aromatic carbocycles. The number of guanidine groups is 1. The number of sulfonamides is 1. The summed E-state index contributed by atoms with van der Waals surface area (Å²) in [4.78, 5) is 4.19. The maximum atomic E-state index is 12.2. The van der Waals surface area contributed by atoms with E-state index in [4.69, 9.17) is 4.74 Å². The first-order valence-electron chi connectivity index (χ1n) is 8.65. The summed E-state index contributed by atoms with van der Waals surface area (Å²) in [6.07, 6.45) is 0. The van der Waals surface area contributed by atoms with Gasteiger partial charge in [0.2, 0.25) is 10.0 Å². The molecule has 0 aromatic heterocycles. The van der Waals surface area contributed by atoms with Gasteiger partial charge in [0.05, 0.1) is 11.4 Å². The molecule has 3 N–H and O–H groups in total. The fourth-order valence-electron chi connectivity index (χ4n) is 2.24. The van der Waals surface area contributed by atoms with Crippen LogP contribution in [0.2, 0.25) is 0 Å². The molecular weight excluding hydrogens is 479 g/mol. The molecule has 0 saturated carbocycles. The van der Waals surface area contributed by atoms with Crippen LogP contribution in [0, 0.1) is 0 Å². The number of halogens is 1. The molecule has 0 saturated heterocycles. The van der Waals surface area contributed by atoms with Gasteiger partial charge in [-0.05, 0) is 38.8 Å². The van der Waals surface area contributed by atoms with Gasteiger partial charge in [0.25, 0.3) is 0 Å². The summed E-state index contributed by atoms with van der Waals surface area (Å²) >= 11 is 0. The van der Waals surface area contributed by atoms with Gasteiger partial charge in [-0.3, -0.25) is 4.99 Å². The lowest BCUT2D eigenvalue weighted by atomic mass is 10.1. The smallest absolute Gasteiger partial charge is 0.216 e. The van der Waals surface area contributed by atoms with E-state index in [1.807, 2.05) is 52.0 Å². The Morgan fingerprint density at radius 3 is 2.30 bits per heavy atom. The minimum Gasteiger partial charge on any atom is -0.377 e. The van der Waals surface area contributed by atoms with Gasteiger partial charge in [0.1, 0.15) is 0 Å². The lowest BCUT2D eigenvalue weighted by Crippen LogP contribution is -2.45. The van der Waals surface area contributed by atoms with Gasteiger partial charge >= 0.3 is 0 Å². The first-order valence-corrected chi connectivity index (χ1v) is 10.3. The molecule has 1 aromatic rings. The molecule has 0 aliphatic heterocycles. The van der Waals surface area contributed by atoms with Crippen molar-refractivity contribution in [3.05, 3.63) is 35.4 Å². The van der Waals surface area contributed by atoms with Gasteiger partial charge in [0.15, 0.2) is 5.96 Å². The summed E-state index contributed by atoms with van der Waals surface area (Å²) in [6, 6.07) is 7.36. The van der Waals surface area contributed by atoms with E-state index < -0.39 is 10.0 Å². The van der Waals surface area contributed by atoms with Gasteiger partial charge < -0.3 is 15.4 Å². The van der Waals surface area contributed by atoms with Crippen LogP contribution in [0.3, 0.4) is 0 Å². The van der Waals surface area contributed by atoms with E-state index in [1.165, 1.54) is 0 Å². The lowest BCUT2D eigenvalue weighted by molar-refractivity contribution is 0.0268. The number of benzene rings is 1. The molecular formula is C18H33IN4O3S. The summed E-state index contributed by atoms with van der Waals surface area (Å²) in [7, 11) is -0.0147. The Kier molecular flexibility index (Phi) is 11.4. The van der Waals surface area contributed by atoms with Crippen LogP contribution in [0.25, 0.3) is 0 Å². The van der Waals surface area contributed by atoms with E-state index in [0.29, 0.717) is 19.0 Å². The van der Waals surface area contributed by atoms with Crippen molar-refractivity contribution in [3.8, 4) is 0 Å². The first kappa shape index (κ1) is 26.1. The second-order valence-electron chi connectivity index (χ2n) is 7.04. The predicted octanol–water partition coefficient (Wildman–Crippen LogP) is 2.22. The number of hydrogen-bond acceptors (Lipinski definition) is 4. The summed E-state index contributed by atoms with van der Waals surface area (Å²) in [5.41, 5.74) is 1.36. The minimum atomic E-state index is -3.37. The van der Waals surface area contributed by atoms with Gasteiger partial charge in [-0.1, -0.05) is 24.3 Å². The normalized spacial score (nSPS) is 12.6. The highest BCUT2D eigenvalue weighted by Crippen LogP contribution is 2.12. The average Bonchev–Trinajstić information content (AvgIpc) is 2.54. The monoisotopic (exact) mass is 512 g/mol. The Morgan fingerprint density at radius 2 is 1.78 bits per heavy atom. The zero-order chi connectivity index (χ0) is 19.8. The van der Waals surface area contributed by atoms with E-state index in [0.717, 1.165) is 11.1 Å². The molecule has 0 amide bonds. The molecule has 0 spiro atoms. The number of nitrogens with zero attached hydrogens (tertiary/aromatic N) is 1. The maximum Gasteiger partial charge on any atom is 0.216 e. The van der Waals surface area contributed by atoms with E-state index in [9.17, 15) is 8.42 Å². The molecule has 0 bridgehead atoms. The predicted molar refractivity (Wildman–Crippen MR) is 122 cm³/mol. The minimum absolute atomic E-state index is 0. The molecule has 0 unspecified atom stereocenters. The first-order chi connectivity index (χ1) is 12.1. The standard InChI is InChI=1S/C18H32N4O3S.HI/c1-14(2)22-26(23,24)12-16-10-8-7-9-15(16)11-20-17(19-5)21-13-18(3,4)25-6;/h7-10,14,22H,11-13H2,1-6H3,(H2,19,20,21);1H. The fraction of sp³-hybridized carbons (Fsp3) is 0.611. The van der Waals surface area contributed by atoms with E-state index >= 15 is 0 Å². The topological polar surface area (TPSA) is 91.8 Å². The van der Waals surface area contributed by atoms with Crippen LogP contribution in [-0.4, -0.2) is 46.7 Å². The Morgan fingerprint density at radius 1 is 1.19 bits per heavy atom. The van der Waals surface area contributed by atoms with Crippen molar-refractivity contribution in [1.82, 2.24) is 15.4 Å². The van der Waals surface area contributed by atoms with Crippen LogP contribution in [0.4, 0.5) is 0 Å². The van der Waals surface area contributed by atoms with Crippen LogP contribution in [-0.2, 0) is 27.1 Å². The second-order valence-corrected chi connectivity index (χ2v) is 8.80. The molecule has 0 aliphatic rings. The summed E-state index contributed by atoms with van der Waals surface area (Å²) in [6.45, 7) is 8.65. The molecule has 156 valence electrons. The molecule has 7 nitrogen and oxygen atoms in total. The Labute approximate surface area is 180 Å². The highest BCUT2D eigenvalue weighted by Gasteiger charge is 2.17. The molecule has 9 heteroatoms. The number of ether oxygens (including phenoxy) is 1. The highest BCUT2D eigenvalue weighted by molar-refractivity contribution is 14.0. The summed E-state index contributed by atoms with van der Waals surface area (Å²) in [5, 5.41) is 6.43. The molecule has 27 heavy (non-hydrogen) atoms. The zero-order valence-electron chi connectivity index (χ0n) is 17.0. The summed E-state index contributed by atoms with van der Waals surface area (Å²) in [5.74, 6) is 0.583. The second kappa shape index (κ2) is 11.8. The van der Waals surface area contributed by atoms with Crippen molar-refractivity contribution in [1.29, 1.82) is 0 Å². The molecule has 0 fully saturated rings. The Hall–Kier alpha value is -0.910. The number of hydrogen-bond donors (Lipinski definition) is 3. The largest absolute Gasteiger partial charge is 0.377 e. The zero-order valence-corrected chi connectivity index (χ0v) is 20.1. The van der Waals surface area contributed by atoms with Crippen LogP contribution in [0.15, 0.2) is 29.3 Å². The van der Waals surface area contributed by atoms with Gasteiger partial charge in [-0.25, -0.2) is 13.1 Å². The van der Waals surface area contributed by atoms with Crippen molar-refractivity contribution < 1.29 is 13.2 Å². The maximum absolute atomic E-state index is 12.2. The summed E-state index contributed by atoms with van der Waals surface area (Å²) < 4.78 is 32.4. The average molecular weight is 512 g/mol.